The van der Waals surface area contributed by atoms with E-state index in [2.05, 4.69) is 9.46 Å². The molecular formula is C11H16N2O5S. The number of rotatable bonds is 5. The van der Waals surface area contributed by atoms with Gasteiger partial charge < -0.3 is 15.6 Å². The number of hydrogen-bond donors (Lipinski definition) is 3. The van der Waals surface area contributed by atoms with Crippen LogP contribution in [0.15, 0.2) is 23.1 Å². The summed E-state index contributed by atoms with van der Waals surface area (Å²) in [6.45, 7) is 1.33. The number of aliphatic hydroxyl groups excluding tert-OH is 1. The molecule has 4 N–H and O–H groups in total. The van der Waals surface area contributed by atoms with E-state index in [1.54, 1.807) is 0 Å². The van der Waals surface area contributed by atoms with Gasteiger partial charge in [-0.25, -0.2) is 17.9 Å². The number of sulfonamides is 1. The SMILES string of the molecule is COC(=O)c1ccc(S(=O)(=O)NC[C@H](C)O)c(N)c1. The molecule has 0 aromatic heterocycles. The van der Waals surface area contributed by atoms with Crippen molar-refractivity contribution in [1.82, 2.24) is 4.72 Å². The van der Waals surface area contributed by atoms with Gasteiger partial charge in [-0.2, -0.15) is 0 Å². The third-order valence-corrected chi connectivity index (χ3v) is 3.79. The average molecular weight is 288 g/mol. The van der Waals surface area contributed by atoms with Crippen LogP contribution in [0, 0.1) is 0 Å². The summed E-state index contributed by atoms with van der Waals surface area (Å²) in [5, 5.41) is 9.06. The number of anilines is 1. The highest BCUT2D eigenvalue weighted by Gasteiger charge is 2.19. The molecular weight excluding hydrogens is 272 g/mol. The Hall–Kier alpha value is -1.64. The fourth-order valence-electron chi connectivity index (χ4n) is 1.35. The van der Waals surface area contributed by atoms with E-state index in [-0.39, 0.29) is 22.7 Å². The van der Waals surface area contributed by atoms with Crippen LogP contribution in [0.1, 0.15) is 17.3 Å². The fourth-order valence-corrected chi connectivity index (χ4v) is 2.58. The second-order valence-corrected chi connectivity index (χ2v) is 5.68. The lowest BCUT2D eigenvalue weighted by molar-refractivity contribution is 0.0600. The third-order valence-electron chi connectivity index (χ3n) is 2.29. The van der Waals surface area contributed by atoms with E-state index < -0.39 is 22.1 Å². The first-order chi connectivity index (χ1) is 8.77. The lowest BCUT2D eigenvalue weighted by atomic mass is 10.2. The molecule has 0 amide bonds. The molecule has 1 aromatic rings. The molecule has 1 rings (SSSR count). The quantitative estimate of drug-likeness (QED) is 0.506. The van der Waals surface area contributed by atoms with Crippen molar-refractivity contribution in [3.63, 3.8) is 0 Å². The Morgan fingerprint density at radius 2 is 2.16 bits per heavy atom. The lowest BCUT2D eigenvalue weighted by Gasteiger charge is -2.11. The largest absolute Gasteiger partial charge is 0.465 e. The van der Waals surface area contributed by atoms with Gasteiger partial charge in [0.2, 0.25) is 10.0 Å². The average Bonchev–Trinajstić information content (AvgIpc) is 2.35. The van der Waals surface area contributed by atoms with Gasteiger partial charge in [0.15, 0.2) is 0 Å². The van der Waals surface area contributed by atoms with Gasteiger partial charge in [-0.1, -0.05) is 0 Å². The molecule has 0 saturated carbocycles. The summed E-state index contributed by atoms with van der Waals surface area (Å²) >= 11 is 0. The number of benzene rings is 1. The van der Waals surface area contributed by atoms with Crippen molar-refractivity contribution in [3.05, 3.63) is 23.8 Å². The second-order valence-electron chi connectivity index (χ2n) is 3.95. The van der Waals surface area contributed by atoms with Crippen molar-refractivity contribution in [2.45, 2.75) is 17.9 Å². The summed E-state index contributed by atoms with van der Waals surface area (Å²) < 4.78 is 30.5. The molecule has 0 fully saturated rings. The monoisotopic (exact) mass is 288 g/mol. The summed E-state index contributed by atoms with van der Waals surface area (Å²) in [4.78, 5) is 11.1. The van der Waals surface area contributed by atoms with Crippen LogP contribution in [0.3, 0.4) is 0 Å². The minimum absolute atomic E-state index is 0.0685. The van der Waals surface area contributed by atoms with Crippen LogP contribution in [0.5, 0.6) is 0 Å². The summed E-state index contributed by atoms with van der Waals surface area (Å²) in [5.74, 6) is -0.604. The van der Waals surface area contributed by atoms with E-state index in [0.717, 1.165) is 0 Å². The van der Waals surface area contributed by atoms with Crippen molar-refractivity contribution < 1.29 is 23.1 Å². The Morgan fingerprint density at radius 1 is 1.53 bits per heavy atom. The van der Waals surface area contributed by atoms with Gasteiger partial charge >= 0.3 is 5.97 Å². The van der Waals surface area contributed by atoms with Gasteiger partial charge in [-0.15, -0.1) is 0 Å². The van der Waals surface area contributed by atoms with Crippen LogP contribution in [0.4, 0.5) is 5.69 Å². The maximum atomic E-state index is 11.9. The number of ether oxygens (including phenoxy) is 1. The molecule has 0 bridgehead atoms. The van der Waals surface area contributed by atoms with Gasteiger partial charge in [-0.05, 0) is 25.1 Å². The van der Waals surface area contributed by atoms with Crippen molar-refractivity contribution in [2.24, 2.45) is 0 Å². The zero-order valence-corrected chi connectivity index (χ0v) is 11.4. The molecule has 0 saturated heterocycles. The molecule has 0 aliphatic heterocycles. The van der Waals surface area contributed by atoms with Crippen molar-refractivity contribution in [2.75, 3.05) is 19.4 Å². The molecule has 0 unspecified atom stereocenters. The number of methoxy groups -OCH3 is 1. The molecule has 0 aliphatic carbocycles. The third kappa shape index (κ3) is 3.91. The van der Waals surface area contributed by atoms with Gasteiger partial charge in [-0.3, -0.25) is 0 Å². The molecule has 0 aliphatic rings. The molecule has 0 spiro atoms. The minimum atomic E-state index is -3.82. The van der Waals surface area contributed by atoms with Crippen LogP contribution < -0.4 is 10.5 Å². The van der Waals surface area contributed by atoms with E-state index in [1.807, 2.05) is 0 Å². The van der Waals surface area contributed by atoms with Crippen molar-refractivity contribution >= 4 is 21.7 Å². The number of aliphatic hydroxyl groups is 1. The summed E-state index contributed by atoms with van der Waals surface area (Å²) in [7, 11) is -2.61. The second kappa shape index (κ2) is 6.00. The van der Waals surface area contributed by atoms with Crippen LogP contribution in [-0.4, -0.2) is 39.3 Å². The molecule has 1 aromatic carbocycles. The van der Waals surface area contributed by atoms with Crippen LogP contribution in [-0.2, 0) is 14.8 Å². The first-order valence-corrected chi connectivity index (χ1v) is 6.92. The molecule has 19 heavy (non-hydrogen) atoms. The van der Waals surface area contributed by atoms with Gasteiger partial charge in [0, 0.05) is 6.54 Å². The summed E-state index contributed by atoms with van der Waals surface area (Å²) in [6.07, 6.45) is -0.814. The van der Waals surface area contributed by atoms with Crippen molar-refractivity contribution in [3.8, 4) is 0 Å². The predicted octanol–water partition coefficient (Wildman–Crippen LogP) is -0.286. The number of carbonyl (C=O) groups excluding carboxylic acids is 1. The Bertz CT molecular complexity index is 568. The number of esters is 1. The molecule has 7 nitrogen and oxygen atoms in total. The van der Waals surface area contributed by atoms with Gasteiger partial charge in [0.25, 0.3) is 0 Å². The van der Waals surface area contributed by atoms with E-state index in [4.69, 9.17) is 10.8 Å². The topological polar surface area (TPSA) is 119 Å². The first kappa shape index (κ1) is 15.4. The Balaban J connectivity index is 3.05. The van der Waals surface area contributed by atoms with Gasteiger partial charge in [0.1, 0.15) is 4.90 Å². The highest BCUT2D eigenvalue weighted by atomic mass is 32.2. The van der Waals surface area contributed by atoms with E-state index in [0.29, 0.717) is 0 Å². The van der Waals surface area contributed by atoms with Crippen LogP contribution >= 0.6 is 0 Å². The molecule has 0 radical (unpaired) electrons. The fraction of sp³-hybridized carbons (Fsp3) is 0.364. The summed E-state index contributed by atoms with van der Waals surface area (Å²) in [5.41, 5.74) is 5.71. The predicted molar refractivity (Wildman–Crippen MR) is 69.1 cm³/mol. The number of hydrogen-bond acceptors (Lipinski definition) is 6. The summed E-state index contributed by atoms with van der Waals surface area (Å²) in [6, 6.07) is 3.74. The smallest absolute Gasteiger partial charge is 0.337 e. The van der Waals surface area contributed by atoms with E-state index in [9.17, 15) is 13.2 Å². The Kier molecular flexibility index (Phi) is 4.87. The van der Waals surface area contributed by atoms with Crippen molar-refractivity contribution in [1.29, 1.82) is 0 Å². The molecule has 106 valence electrons. The van der Waals surface area contributed by atoms with E-state index >= 15 is 0 Å². The Morgan fingerprint density at radius 3 is 2.63 bits per heavy atom. The van der Waals surface area contributed by atoms with Crippen LogP contribution in [0.2, 0.25) is 0 Å². The minimum Gasteiger partial charge on any atom is -0.465 e. The number of nitrogen functional groups attached to an aromatic ring is 1. The molecule has 0 heterocycles. The lowest BCUT2D eigenvalue weighted by Crippen LogP contribution is -2.31. The maximum absolute atomic E-state index is 11.9. The first-order valence-electron chi connectivity index (χ1n) is 5.43. The maximum Gasteiger partial charge on any atom is 0.337 e. The molecule has 1 atom stereocenters. The molecule has 8 heteroatoms. The van der Waals surface area contributed by atoms with Crippen LogP contribution in [0.25, 0.3) is 0 Å². The number of nitrogens with two attached hydrogens (primary N) is 1. The number of carbonyl (C=O) groups is 1. The highest BCUT2D eigenvalue weighted by molar-refractivity contribution is 7.89. The van der Waals surface area contributed by atoms with E-state index in [1.165, 1.54) is 32.2 Å². The van der Waals surface area contributed by atoms with Gasteiger partial charge in [0.05, 0.1) is 24.5 Å². The normalized spacial score (nSPS) is 13.0. The zero-order chi connectivity index (χ0) is 14.6. The zero-order valence-electron chi connectivity index (χ0n) is 10.6. The number of nitrogens with one attached hydrogen (secondary N) is 1. The standard InChI is InChI=1S/C11H16N2O5S/c1-7(14)6-13-19(16,17)10-4-3-8(5-9(10)12)11(15)18-2/h3-5,7,13-14H,6,12H2,1-2H3/t7-/m0/s1. The highest BCUT2D eigenvalue weighted by Crippen LogP contribution is 2.20. The Labute approximate surface area is 111 Å².